The summed E-state index contributed by atoms with van der Waals surface area (Å²) in [7, 11) is 0. The van der Waals surface area contributed by atoms with Gasteiger partial charge in [0, 0.05) is 24.2 Å². The number of carbonyl (C=O) groups is 2. The zero-order chi connectivity index (χ0) is 27.5. The lowest BCUT2D eigenvalue weighted by Crippen LogP contribution is -2.34. The average Bonchev–Trinajstić information content (AvgIpc) is 3.74. The molecule has 204 valence electrons. The molecule has 8 nitrogen and oxygen atoms in total. The van der Waals surface area contributed by atoms with Crippen LogP contribution in [0.1, 0.15) is 53.1 Å². The van der Waals surface area contributed by atoms with Gasteiger partial charge >= 0.3 is 0 Å². The van der Waals surface area contributed by atoms with Crippen LogP contribution in [0.4, 0.5) is 14.6 Å². The Morgan fingerprint density at radius 3 is 2.38 bits per heavy atom. The van der Waals surface area contributed by atoms with Gasteiger partial charge in [0.1, 0.15) is 17.2 Å². The van der Waals surface area contributed by atoms with E-state index in [1.54, 1.807) is 6.07 Å². The number of hydrogen-bond acceptors (Lipinski definition) is 6. The Morgan fingerprint density at radius 2 is 1.72 bits per heavy atom. The Balaban J connectivity index is 0.000000983. The molecule has 0 bridgehead atoms. The van der Waals surface area contributed by atoms with E-state index in [0.717, 1.165) is 31.8 Å². The fourth-order valence-corrected chi connectivity index (χ4v) is 5.50. The first kappa shape index (κ1) is 26.7. The summed E-state index contributed by atoms with van der Waals surface area (Å²) in [4.78, 5) is 31.3. The Hall–Kier alpha value is -3.92. The van der Waals surface area contributed by atoms with E-state index in [0.29, 0.717) is 35.6 Å². The summed E-state index contributed by atoms with van der Waals surface area (Å²) in [5, 5.41) is 9.53. The van der Waals surface area contributed by atoms with Gasteiger partial charge in [0.2, 0.25) is 5.95 Å². The van der Waals surface area contributed by atoms with Crippen molar-refractivity contribution in [1.29, 1.82) is 0 Å². The number of amides is 1. The molecule has 1 amide bonds. The minimum absolute atomic E-state index is 0.0350. The van der Waals surface area contributed by atoms with Crippen molar-refractivity contribution in [2.75, 3.05) is 31.9 Å². The lowest BCUT2D eigenvalue weighted by Gasteiger charge is -2.32. The number of nitrogen functional groups attached to an aromatic ring is 1. The Kier molecular flexibility index (Phi) is 7.83. The highest BCUT2D eigenvalue weighted by molar-refractivity contribution is 5.97. The largest absolute Gasteiger partial charge is 0.483 e. The molecule has 4 N–H and O–H groups in total. The van der Waals surface area contributed by atoms with Crippen LogP contribution in [0, 0.1) is 17.7 Å². The molecule has 2 aromatic carbocycles. The smallest absolute Gasteiger partial charge is 0.290 e. The summed E-state index contributed by atoms with van der Waals surface area (Å²) >= 11 is 0. The van der Waals surface area contributed by atoms with E-state index in [-0.39, 0.29) is 29.2 Å². The van der Waals surface area contributed by atoms with Crippen LogP contribution in [0.15, 0.2) is 36.4 Å². The zero-order valence-electron chi connectivity index (χ0n) is 21.5. The van der Waals surface area contributed by atoms with Crippen molar-refractivity contribution in [3.8, 4) is 22.5 Å². The number of nitrogens with one attached hydrogen (secondary N) is 1. The molecule has 0 unspecified atom stereocenters. The number of nitrogens with zero attached hydrogens (tertiary/aromatic N) is 3. The molecule has 2 fully saturated rings. The normalized spacial score (nSPS) is 17.5. The summed E-state index contributed by atoms with van der Waals surface area (Å²) in [5.41, 5.74) is 9.11. The molecule has 0 spiro atoms. The molecular weight excluding hydrogens is 504 g/mol. The summed E-state index contributed by atoms with van der Waals surface area (Å²) in [6.07, 6.45) is 5.52. The van der Waals surface area contributed by atoms with Crippen molar-refractivity contribution >= 4 is 18.2 Å². The fourth-order valence-electron chi connectivity index (χ4n) is 5.50. The second-order valence-electron chi connectivity index (χ2n) is 10.3. The molecule has 39 heavy (non-hydrogen) atoms. The van der Waals surface area contributed by atoms with E-state index in [4.69, 9.17) is 15.6 Å². The highest BCUT2D eigenvalue weighted by Crippen LogP contribution is 2.35. The topological polar surface area (TPSA) is 121 Å². The van der Waals surface area contributed by atoms with Crippen LogP contribution in [0.5, 0.6) is 0 Å². The van der Waals surface area contributed by atoms with Crippen LogP contribution in [0.3, 0.4) is 0 Å². The van der Waals surface area contributed by atoms with Gasteiger partial charge in [-0.15, -0.1) is 0 Å². The first-order valence-corrected chi connectivity index (χ1v) is 13.2. The predicted octanol–water partition coefficient (Wildman–Crippen LogP) is 4.25. The first-order chi connectivity index (χ1) is 18.9. The van der Waals surface area contributed by atoms with Gasteiger partial charge in [-0.3, -0.25) is 9.59 Å². The molecule has 10 heteroatoms. The lowest BCUT2D eigenvalue weighted by molar-refractivity contribution is -0.122. The molecule has 1 saturated heterocycles. The highest BCUT2D eigenvalue weighted by atomic mass is 19.1. The molecule has 3 heterocycles. The van der Waals surface area contributed by atoms with Gasteiger partial charge in [-0.1, -0.05) is 24.3 Å². The second kappa shape index (κ2) is 11.4. The molecule has 3 aliphatic rings. The van der Waals surface area contributed by atoms with Gasteiger partial charge in [0.25, 0.3) is 12.4 Å². The summed E-state index contributed by atoms with van der Waals surface area (Å²) in [5.74, 6) is -0.560. The number of fused-ring (bicyclic) bond motifs is 1. The first-order valence-electron chi connectivity index (χ1n) is 13.2. The molecular formula is C29H31F2N5O3. The maximum atomic E-state index is 14.9. The number of aromatic nitrogens is 2. The molecule has 0 radical (unpaired) electrons. The van der Waals surface area contributed by atoms with E-state index in [9.17, 15) is 13.6 Å². The minimum Gasteiger partial charge on any atom is -0.483 e. The Labute approximate surface area is 225 Å². The van der Waals surface area contributed by atoms with Crippen molar-refractivity contribution in [2.24, 2.45) is 5.92 Å². The van der Waals surface area contributed by atoms with Crippen molar-refractivity contribution in [3.63, 3.8) is 0 Å². The Morgan fingerprint density at radius 1 is 1.03 bits per heavy atom. The van der Waals surface area contributed by atoms with Gasteiger partial charge in [-0.2, -0.15) is 9.37 Å². The molecule has 1 aromatic heterocycles. The number of benzene rings is 2. The molecule has 6 rings (SSSR count). The van der Waals surface area contributed by atoms with Crippen molar-refractivity contribution < 1.29 is 23.5 Å². The van der Waals surface area contributed by atoms with Gasteiger partial charge in [-0.05, 0) is 80.3 Å². The van der Waals surface area contributed by atoms with Gasteiger partial charge in [0.15, 0.2) is 5.82 Å². The summed E-state index contributed by atoms with van der Waals surface area (Å²) in [6.45, 7) is 3.67. The van der Waals surface area contributed by atoms with Gasteiger partial charge in [-0.25, -0.2) is 9.37 Å². The minimum atomic E-state index is -0.768. The van der Waals surface area contributed by atoms with Crippen molar-refractivity contribution in [1.82, 2.24) is 20.2 Å². The average molecular weight is 536 g/mol. The molecule has 3 aromatic rings. The van der Waals surface area contributed by atoms with E-state index in [1.165, 1.54) is 31.0 Å². The monoisotopic (exact) mass is 535 g/mol. The number of rotatable bonds is 5. The third kappa shape index (κ3) is 5.90. The summed E-state index contributed by atoms with van der Waals surface area (Å²) < 4.78 is 29.6. The maximum absolute atomic E-state index is 14.9. The van der Waals surface area contributed by atoms with Crippen LogP contribution >= 0.6 is 0 Å². The van der Waals surface area contributed by atoms with Crippen LogP contribution in [-0.2, 0) is 11.2 Å². The van der Waals surface area contributed by atoms with Crippen molar-refractivity contribution in [2.45, 2.75) is 38.0 Å². The summed E-state index contributed by atoms with van der Waals surface area (Å²) in [6, 6.07) is 10.7. The van der Waals surface area contributed by atoms with Crippen LogP contribution in [0.25, 0.3) is 22.5 Å². The fraction of sp³-hybridized carbons (Fsp3) is 0.379. The molecule has 1 saturated carbocycles. The third-order valence-corrected chi connectivity index (χ3v) is 7.69. The van der Waals surface area contributed by atoms with Crippen LogP contribution in [0.2, 0.25) is 0 Å². The van der Waals surface area contributed by atoms with Crippen molar-refractivity contribution in [3.05, 3.63) is 64.9 Å². The van der Waals surface area contributed by atoms with Gasteiger partial charge in [0.05, 0.1) is 5.56 Å². The predicted molar refractivity (Wildman–Crippen MR) is 143 cm³/mol. The number of nitrogens with two attached hydrogens (primary N) is 1. The number of anilines is 1. The van der Waals surface area contributed by atoms with Crippen LogP contribution in [-0.4, -0.2) is 58.5 Å². The Bertz CT molecular complexity index is 1370. The molecule has 1 aliphatic carbocycles. The standard InChI is InChI=1S/C28H29F2N5O.CH2O2/c29-22-14-21(13-20-7-10-32-28(36)23(20)22)25-27(31)34-26(30)24(33-25)19-5-3-17(4-6-19)18-8-11-35(12-9-18)15-16-1-2-16;2-1-3/h3-6,13-14,16,18H,1-2,7-12,15H2,(H2,31,34)(H,32,36);1H,(H,2,3). The molecule has 2 aliphatic heterocycles. The second-order valence-corrected chi connectivity index (χ2v) is 10.3. The number of carbonyl (C=O) groups excluding carboxylic acids is 1. The zero-order valence-corrected chi connectivity index (χ0v) is 21.5. The van der Waals surface area contributed by atoms with E-state index in [2.05, 4.69) is 20.2 Å². The quantitative estimate of drug-likeness (QED) is 0.418. The van der Waals surface area contributed by atoms with E-state index in [1.807, 2.05) is 24.3 Å². The lowest BCUT2D eigenvalue weighted by atomic mass is 9.88. The number of likely N-dealkylation sites (tertiary alicyclic amines) is 1. The number of hydrogen-bond donors (Lipinski definition) is 3. The highest BCUT2D eigenvalue weighted by Gasteiger charge is 2.28. The number of halogens is 2. The number of piperidine rings is 1. The third-order valence-electron chi connectivity index (χ3n) is 7.69. The SMILES string of the molecule is Nc1nc(F)c(-c2ccc(C3CCN(CC4CC4)CC3)cc2)nc1-c1cc(F)c2c(c1)CCNC2=O.O=CO. The van der Waals surface area contributed by atoms with E-state index >= 15 is 0 Å². The maximum Gasteiger partial charge on any atom is 0.290 e. The van der Waals surface area contributed by atoms with Gasteiger partial charge < -0.3 is 21.1 Å². The number of carboxylic acid groups (broad SMARTS) is 1. The van der Waals surface area contributed by atoms with Crippen LogP contribution < -0.4 is 11.1 Å². The van der Waals surface area contributed by atoms with E-state index < -0.39 is 17.7 Å². The molecule has 0 atom stereocenters.